The molecule has 2 N–H and O–H groups in total. The van der Waals surface area contributed by atoms with Crippen molar-refractivity contribution in [3.8, 4) is 0 Å². The summed E-state index contributed by atoms with van der Waals surface area (Å²) in [7, 11) is 0. The molecule has 0 aromatic heterocycles. The number of amides is 1. The molecule has 0 aliphatic carbocycles. The first kappa shape index (κ1) is 10.1. The maximum absolute atomic E-state index is 13.3. The number of carbonyl (C=O) groups excluding carboxylic acids is 1. The van der Waals surface area contributed by atoms with Crippen molar-refractivity contribution in [2.45, 2.75) is 12.5 Å². The fourth-order valence-corrected chi connectivity index (χ4v) is 1.70. The Labute approximate surface area is 87.7 Å². The predicted molar refractivity (Wildman–Crippen MR) is 54.9 cm³/mol. The summed E-state index contributed by atoms with van der Waals surface area (Å²) in [4.78, 5) is 11.4. The normalized spacial score (nSPS) is 21.1. The van der Waals surface area contributed by atoms with Crippen LogP contribution in [0.4, 0.5) is 4.39 Å². The fraction of sp³-hybridized carbons (Fsp3) is 0.364. The second-order valence-corrected chi connectivity index (χ2v) is 3.59. The summed E-state index contributed by atoms with van der Waals surface area (Å²) in [5.74, 6) is -0.304. The number of hydrogen-bond acceptors (Lipinski definition) is 2. The van der Waals surface area contributed by atoms with E-state index < -0.39 is 0 Å². The molecule has 80 valence electrons. The minimum absolute atomic E-state index is 0.0514. The first-order chi connectivity index (χ1) is 7.27. The van der Waals surface area contributed by atoms with Gasteiger partial charge in [0.05, 0.1) is 6.04 Å². The van der Waals surface area contributed by atoms with Crippen LogP contribution in [-0.4, -0.2) is 25.0 Å². The summed E-state index contributed by atoms with van der Waals surface area (Å²) in [5, 5.41) is 5.81. The molecule has 1 amide bonds. The van der Waals surface area contributed by atoms with Gasteiger partial charge in [0, 0.05) is 13.1 Å². The standard InChI is InChI=1S/C11H13FN2O/c12-9-4-2-1-3-8(9)7-10-11(15)14-6-5-13-10/h1-4,10,13H,5-7H2,(H,14,15). The van der Waals surface area contributed by atoms with Crippen LogP contribution >= 0.6 is 0 Å². The highest BCUT2D eigenvalue weighted by atomic mass is 19.1. The number of rotatable bonds is 2. The lowest BCUT2D eigenvalue weighted by molar-refractivity contribution is -0.124. The Morgan fingerprint density at radius 2 is 2.13 bits per heavy atom. The highest BCUT2D eigenvalue weighted by molar-refractivity contribution is 5.82. The number of hydrogen-bond donors (Lipinski definition) is 2. The van der Waals surface area contributed by atoms with Crippen molar-refractivity contribution in [3.63, 3.8) is 0 Å². The van der Waals surface area contributed by atoms with Gasteiger partial charge in [-0.15, -0.1) is 0 Å². The van der Waals surface area contributed by atoms with Gasteiger partial charge in [-0.3, -0.25) is 4.79 Å². The zero-order chi connectivity index (χ0) is 10.7. The third kappa shape index (κ3) is 2.33. The highest BCUT2D eigenvalue weighted by Gasteiger charge is 2.22. The van der Waals surface area contributed by atoms with Crippen LogP contribution in [-0.2, 0) is 11.2 Å². The van der Waals surface area contributed by atoms with Crippen molar-refractivity contribution >= 4 is 5.91 Å². The molecule has 1 aliphatic rings. The average molecular weight is 208 g/mol. The third-order valence-corrected chi connectivity index (χ3v) is 2.51. The molecule has 15 heavy (non-hydrogen) atoms. The molecule has 3 nitrogen and oxygen atoms in total. The molecule has 0 saturated carbocycles. The van der Waals surface area contributed by atoms with Crippen LogP contribution in [0.2, 0.25) is 0 Å². The summed E-state index contributed by atoms with van der Waals surface area (Å²) in [6.45, 7) is 1.39. The van der Waals surface area contributed by atoms with E-state index in [1.807, 2.05) is 0 Å². The van der Waals surface area contributed by atoms with Crippen molar-refractivity contribution in [2.75, 3.05) is 13.1 Å². The van der Waals surface area contributed by atoms with Gasteiger partial charge < -0.3 is 10.6 Å². The number of piperazine rings is 1. The molecule has 2 rings (SSSR count). The van der Waals surface area contributed by atoms with Gasteiger partial charge in [-0.2, -0.15) is 0 Å². The van der Waals surface area contributed by atoms with E-state index in [9.17, 15) is 9.18 Å². The number of nitrogens with one attached hydrogen (secondary N) is 2. The Hall–Kier alpha value is -1.42. The zero-order valence-electron chi connectivity index (χ0n) is 8.29. The Kier molecular flexibility index (Phi) is 2.97. The summed E-state index contributed by atoms with van der Waals surface area (Å²) in [6.07, 6.45) is 0.401. The van der Waals surface area contributed by atoms with Gasteiger partial charge in [-0.1, -0.05) is 18.2 Å². The summed E-state index contributed by atoms with van der Waals surface area (Å²) < 4.78 is 13.3. The molecule has 1 fully saturated rings. The van der Waals surface area contributed by atoms with E-state index in [0.29, 0.717) is 18.5 Å². The van der Waals surface area contributed by atoms with Crippen LogP contribution in [0.3, 0.4) is 0 Å². The molecular formula is C11H13FN2O. The summed E-state index contributed by atoms with van der Waals surface area (Å²) in [6, 6.07) is 6.23. The van der Waals surface area contributed by atoms with Crippen LogP contribution in [0.5, 0.6) is 0 Å². The molecule has 1 aliphatic heterocycles. The first-order valence-corrected chi connectivity index (χ1v) is 5.02. The fourth-order valence-electron chi connectivity index (χ4n) is 1.70. The van der Waals surface area contributed by atoms with Gasteiger partial charge in [0.25, 0.3) is 0 Å². The van der Waals surface area contributed by atoms with E-state index in [4.69, 9.17) is 0 Å². The highest BCUT2D eigenvalue weighted by Crippen LogP contribution is 2.09. The van der Waals surface area contributed by atoms with Crippen molar-refractivity contribution in [1.82, 2.24) is 10.6 Å². The maximum atomic E-state index is 13.3. The lowest BCUT2D eigenvalue weighted by Gasteiger charge is -2.23. The minimum Gasteiger partial charge on any atom is -0.353 e. The van der Waals surface area contributed by atoms with E-state index in [-0.39, 0.29) is 17.8 Å². The quantitative estimate of drug-likeness (QED) is 0.741. The smallest absolute Gasteiger partial charge is 0.237 e. The SMILES string of the molecule is O=C1NCCNC1Cc1ccccc1F. The van der Waals surface area contributed by atoms with E-state index >= 15 is 0 Å². The van der Waals surface area contributed by atoms with Gasteiger partial charge in [0.1, 0.15) is 5.82 Å². The zero-order valence-corrected chi connectivity index (χ0v) is 8.29. The van der Waals surface area contributed by atoms with Gasteiger partial charge in [-0.05, 0) is 18.1 Å². The average Bonchev–Trinajstić information content (AvgIpc) is 2.24. The molecule has 4 heteroatoms. The van der Waals surface area contributed by atoms with Crippen molar-refractivity contribution in [3.05, 3.63) is 35.6 Å². The van der Waals surface area contributed by atoms with E-state index in [0.717, 1.165) is 6.54 Å². The van der Waals surface area contributed by atoms with Crippen LogP contribution in [0.25, 0.3) is 0 Å². The molecule has 1 heterocycles. The molecule has 1 aromatic carbocycles. The van der Waals surface area contributed by atoms with Crippen LogP contribution in [0, 0.1) is 5.82 Å². The Bertz CT molecular complexity index is 367. The molecule has 0 spiro atoms. The van der Waals surface area contributed by atoms with Crippen LogP contribution in [0.1, 0.15) is 5.56 Å². The topological polar surface area (TPSA) is 41.1 Å². The molecular weight excluding hydrogens is 195 g/mol. The summed E-state index contributed by atoms with van der Waals surface area (Å²) in [5.41, 5.74) is 0.576. The lowest BCUT2D eigenvalue weighted by atomic mass is 10.0. The Morgan fingerprint density at radius 3 is 2.87 bits per heavy atom. The van der Waals surface area contributed by atoms with E-state index in [1.54, 1.807) is 18.2 Å². The Balaban J connectivity index is 2.08. The van der Waals surface area contributed by atoms with Crippen molar-refractivity contribution < 1.29 is 9.18 Å². The van der Waals surface area contributed by atoms with Crippen LogP contribution in [0.15, 0.2) is 24.3 Å². The monoisotopic (exact) mass is 208 g/mol. The van der Waals surface area contributed by atoms with Crippen molar-refractivity contribution in [1.29, 1.82) is 0 Å². The van der Waals surface area contributed by atoms with Gasteiger partial charge >= 0.3 is 0 Å². The Morgan fingerprint density at radius 1 is 1.33 bits per heavy atom. The minimum atomic E-state index is -0.310. The van der Waals surface area contributed by atoms with Gasteiger partial charge in [0.15, 0.2) is 0 Å². The molecule has 0 bridgehead atoms. The number of carbonyl (C=O) groups is 1. The molecule has 1 unspecified atom stereocenters. The largest absolute Gasteiger partial charge is 0.353 e. The second-order valence-electron chi connectivity index (χ2n) is 3.59. The molecule has 1 atom stereocenters. The third-order valence-electron chi connectivity index (χ3n) is 2.51. The first-order valence-electron chi connectivity index (χ1n) is 5.02. The van der Waals surface area contributed by atoms with E-state index in [1.165, 1.54) is 6.07 Å². The van der Waals surface area contributed by atoms with E-state index in [2.05, 4.69) is 10.6 Å². The second kappa shape index (κ2) is 4.40. The molecule has 0 radical (unpaired) electrons. The van der Waals surface area contributed by atoms with Gasteiger partial charge in [-0.25, -0.2) is 4.39 Å². The maximum Gasteiger partial charge on any atom is 0.237 e. The predicted octanol–water partition coefficient (Wildman–Crippen LogP) is 0.456. The molecule has 1 aromatic rings. The van der Waals surface area contributed by atoms with Crippen molar-refractivity contribution in [2.24, 2.45) is 0 Å². The number of halogens is 1. The number of benzene rings is 1. The lowest BCUT2D eigenvalue weighted by Crippen LogP contribution is -2.53. The molecule has 1 saturated heterocycles. The van der Waals surface area contributed by atoms with Crippen LogP contribution < -0.4 is 10.6 Å². The van der Waals surface area contributed by atoms with Gasteiger partial charge in [0.2, 0.25) is 5.91 Å². The summed E-state index contributed by atoms with van der Waals surface area (Å²) >= 11 is 0.